The number of fused-ring (bicyclic) bond motifs is 1. The summed E-state index contributed by atoms with van der Waals surface area (Å²) in [4.78, 5) is 19.6. The normalized spacial score (nSPS) is 11.2. The van der Waals surface area contributed by atoms with E-state index in [0.717, 1.165) is 17.1 Å². The van der Waals surface area contributed by atoms with Gasteiger partial charge < -0.3 is 19.9 Å². The average Bonchev–Trinajstić information content (AvgIpc) is 3.24. The topological polar surface area (TPSA) is 111 Å². The summed E-state index contributed by atoms with van der Waals surface area (Å²) >= 11 is 2.96. The van der Waals surface area contributed by atoms with Crippen LogP contribution in [0.2, 0.25) is 0 Å². The predicted octanol–water partition coefficient (Wildman–Crippen LogP) is 4.98. The SMILES string of the molecule is COc1ccc(CNc2ncnc3c2c(C(F)F)nn3-c2cc(Br)c(F)c(C(=O)O)c2)c(OC)c1. The first-order valence-electron chi connectivity index (χ1n) is 9.94. The van der Waals surface area contributed by atoms with Crippen molar-refractivity contribution in [2.45, 2.75) is 13.0 Å². The minimum absolute atomic E-state index is 0.0191. The van der Waals surface area contributed by atoms with Crippen LogP contribution in [-0.2, 0) is 6.54 Å². The van der Waals surface area contributed by atoms with E-state index in [1.54, 1.807) is 18.2 Å². The Morgan fingerprint density at radius 3 is 2.63 bits per heavy atom. The van der Waals surface area contributed by atoms with Gasteiger partial charge in [0.15, 0.2) is 11.5 Å². The largest absolute Gasteiger partial charge is 0.497 e. The van der Waals surface area contributed by atoms with Crippen molar-refractivity contribution in [2.75, 3.05) is 19.5 Å². The van der Waals surface area contributed by atoms with Crippen LogP contribution in [0.3, 0.4) is 0 Å². The van der Waals surface area contributed by atoms with E-state index in [4.69, 9.17) is 9.47 Å². The molecule has 0 aliphatic rings. The highest BCUT2D eigenvalue weighted by Crippen LogP contribution is 2.34. The maximum Gasteiger partial charge on any atom is 0.338 e. The summed E-state index contributed by atoms with van der Waals surface area (Å²) in [6, 6.07) is 7.37. The van der Waals surface area contributed by atoms with Gasteiger partial charge in [-0.25, -0.2) is 32.6 Å². The number of carboxylic acid groups (broad SMARTS) is 1. The van der Waals surface area contributed by atoms with E-state index in [0.29, 0.717) is 17.1 Å². The summed E-state index contributed by atoms with van der Waals surface area (Å²) in [6.45, 7) is 0.165. The standard InChI is InChI=1S/C22H17BrF3N5O4/c1-34-12-4-3-10(15(7-12)35-2)8-27-20-16-18(19(25)26)30-31(21(16)29-9-28-20)11-5-13(22(32)33)17(24)14(23)6-11/h3-7,9,19H,8H2,1-2H3,(H,32,33)(H,27,28,29). The molecule has 2 aromatic heterocycles. The first kappa shape index (κ1) is 24.3. The van der Waals surface area contributed by atoms with Crippen LogP contribution in [0, 0.1) is 5.82 Å². The van der Waals surface area contributed by atoms with Gasteiger partial charge in [0.2, 0.25) is 0 Å². The number of nitrogens with zero attached hydrogens (tertiary/aromatic N) is 4. The van der Waals surface area contributed by atoms with Crippen LogP contribution in [0.15, 0.2) is 41.1 Å². The predicted molar refractivity (Wildman–Crippen MR) is 123 cm³/mol. The third kappa shape index (κ3) is 4.58. The van der Waals surface area contributed by atoms with Crippen LogP contribution < -0.4 is 14.8 Å². The first-order valence-corrected chi connectivity index (χ1v) is 10.7. The lowest BCUT2D eigenvalue weighted by Gasteiger charge is -2.12. The maximum atomic E-state index is 14.2. The molecule has 4 rings (SSSR count). The molecule has 0 saturated carbocycles. The zero-order chi connectivity index (χ0) is 25.3. The summed E-state index contributed by atoms with van der Waals surface area (Å²) in [7, 11) is 3.01. The molecule has 2 N–H and O–H groups in total. The number of alkyl halides is 2. The fraction of sp³-hybridized carbons (Fsp3) is 0.182. The third-order valence-corrected chi connectivity index (χ3v) is 5.70. The molecule has 0 aliphatic carbocycles. The van der Waals surface area contributed by atoms with Crippen molar-refractivity contribution in [1.82, 2.24) is 19.7 Å². The summed E-state index contributed by atoms with van der Waals surface area (Å²) in [6.07, 6.45) is -1.84. The fourth-order valence-corrected chi connectivity index (χ4v) is 3.92. The van der Waals surface area contributed by atoms with E-state index in [2.05, 4.69) is 36.3 Å². The summed E-state index contributed by atoms with van der Waals surface area (Å²) < 4.78 is 53.5. The molecule has 0 bridgehead atoms. The Kier molecular flexibility index (Phi) is 6.78. The van der Waals surface area contributed by atoms with Gasteiger partial charge in [-0.1, -0.05) is 0 Å². The van der Waals surface area contributed by atoms with Crippen LogP contribution in [-0.4, -0.2) is 45.0 Å². The monoisotopic (exact) mass is 551 g/mol. The van der Waals surface area contributed by atoms with Crippen LogP contribution in [0.5, 0.6) is 11.5 Å². The average molecular weight is 552 g/mol. The van der Waals surface area contributed by atoms with Gasteiger partial charge in [-0.2, -0.15) is 5.10 Å². The molecule has 0 unspecified atom stereocenters. The number of carboxylic acids is 1. The fourth-order valence-electron chi connectivity index (χ4n) is 3.47. The molecule has 2 aromatic carbocycles. The number of rotatable bonds is 8. The molecular formula is C22H17BrF3N5O4. The van der Waals surface area contributed by atoms with Crippen molar-refractivity contribution in [3.8, 4) is 17.2 Å². The quantitative estimate of drug-likeness (QED) is 0.315. The van der Waals surface area contributed by atoms with Crippen LogP contribution in [0.25, 0.3) is 16.7 Å². The second-order valence-electron chi connectivity index (χ2n) is 7.14. The molecule has 0 amide bonds. The molecule has 2 heterocycles. The van der Waals surface area contributed by atoms with Gasteiger partial charge in [-0.05, 0) is 40.2 Å². The zero-order valence-electron chi connectivity index (χ0n) is 18.2. The second-order valence-corrected chi connectivity index (χ2v) is 8.00. The Labute approximate surface area is 204 Å². The summed E-state index contributed by atoms with van der Waals surface area (Å²) in [5, 5.41) is 16.2. The molecule has 0 aliphatic heterocycles. The number of carbonyl (C=O) groups is 1. The molecule has 4 aromatic rings. The lowest BCUT2D eigenvalue weighted by Crippen LogP contribution is -2.06. The van der Waals surface area contributed by atoms with Crippen molar-refractivity contribution in [3.63, 3.8) is 0 Å². The molecular weight excluding hydrogens is 535 g/mol. The maximum absolute atomic E-state index is 14.2. The molecule has 0 saturated heterocycles. The minimum atomic E-state index is -3.00. The first-order chi connectivity index (χ1) is 16.7. The van der Waals surface area contributed by atoms with E-state index >= 15 is 0 Å². The summed E-state index contributed by atoms with van der Waals surface area (Å²) in [5.41, 5.74) is -0.569. The lowest BCUT2D eigenvalue weighted by molar-refractivity contribution is 0.0691. The lowest BCUT2D eigenvalue weighted by atomic mass is 10.2. The van der Waals surface area contributed by atoms with Gasteiger partial charge >= 0.3 is 5.97 Å². The van der Waals surface area contributed by atoms with Crippen molar-refractivity contribution in [1.29, 1.82) is 0 Å². The van der Waals surface area contributed by atoms with E-state index in [1.165, 1.54) is 20.3 Å². The minimum Gasteiger partial charge on any atom is -0.497 e. The Hall–Kier alpha value is -3.87. The van der Waals surface area contributed by atoms with E-state index in [9.17, 15) is 23.1 Å². The van der Waals surface area contributed by atoms with Crippen molar-refractivity contribution in [2.24, 2.45) is 0 Å². The van der Waals surface area contributed by atoms with Gasteiger partial charge in [-0.3, -0.25) is 0 Å². The number of ether oxygens (including phenoxy) is 2. The van der Waals surface area contributed by atoms with Gasteiger partial charge in [-0.15, -0.1) is 0 Å². The molecule has 0 spiro atoms. The summed E-state index contributed by atoms with van der Waals surface area (Å²) in [5.74, 6) is -1.35. The number of halogens is 4. The highest BCUT2D eigenvalue weighted by atomic mass is 79.9. The Balaban J connectivity index is 1.81. The van der Waals surface area contributed by atoms with Crippen LogP contribution in [0.1, 0.15) is 28.0 Å². The van der Waals surface area contributed by atoms with E-state index in [-0.39, 0.29) is 33.6 Å². The molecule has 0 radical (unpaired) electrons. The molecule has 9 nitrogen and oxygen atoms in total. The third-order valence-electron chi connectivity index (χ3n) is 5.13. The Bertz CT molecular complexity index is 1430. The van der Waals surface area contributed by atoms with Crippen molar-refractivity contribution in [3.05, 3.63) is 63.8 Å². The van der Waals surface area contributed by atoms with Gasteiger partial charge in [0.25, 0.3) is 6.43 Å². The van der Waals surface area contributed by atoms with Gasteiger partial charge in [0.05, 0.1) is 35.3 Å². The van der Waals surface area contributed by atoms with Crippen molar-refractivity contribution < 1.29 is 32.5 Å². The number of methoxy groups -OCH3 is 2. The van der Waals surface area contributed by atoms with Crippen LogP contribution in [0.4, 0.5) is 19.0 Å². The zero-order valence-corrected chi connectivity index (χ0v) is 19.8. The number of hydrogen-bond acceptors (Lipinski definition) is 7. The highest BCUT2D eigenvalue weighted by Gasteiger charge is 2.25. The number of nitrogens with one attached hydrogen (secondary N) is 1. The van der Waals surface area contributed by atoms with Crippen molar-refractivity contribution >= 4 is 38.8 Å². The molecule has 182 valence electrons. The number of hydrogen-bond donors (Lipinski definition) is 2. The molecule has 0 atom stereocenters. The highest BCUT2D eigenvalue weighted by molar-refractivity contribution is 9.10. The number of aromatic nitrogens is 4. The smallest absolute Gasteiger partial charge is 0.338 e. The van der Waals surface area contributed by atoms with Gasteiger partial charge in [0.1, 0.15) is 29.3 Å². The van der Waals surface area contributed by atoms with Crippen LogP contribution >= 0.6 is 15.9 Å². The number of anilines is 1. The van der Waals surface area contributed by atoms with E-state index < -0.39 is 29.5 Å². The molecule has 0 fully saturated rings. The number of aromatic carboxylic acids is 1. The molecule has 13 heteroatoms. The second kappa shape index (κ2) is 9.78. The molecule has 35 heavy (non-hydrogen) atoms. The Morgan fingerprint density at radius 2 is 1.97 bits per heavy atom. The van der Waals surface area contributed by atoms with Gasteiger partial charge in [0, 0.05) is 18.2 Å². The van der Waals surface area contributed by atoms with E-state index in [1.807, 2.05) is 0 Å². The number of benzene rings is 2. The Morgan fingerprint density at radius 1 is 1.20 bits per heavy atom.